The van der Waals surface area contributed by atoms with Gasteiger partial charge in [0.25, 0.3) is 0 Å². The third-order valence-corrected chi connectivity index (χ3v) is 2.09. The summed E-state index contributed by atoms with van der Waals surface area (Å²) in [7, 11) is 3.65. The second kappa shape index (κ2) is 9.72. The summed E-state index contributed by atoms with van der Waals surface area (Å²) in [5, 5.41) is 11.1. The molecule has 0 saturated heterocycles. The minimum Gasteiger partial charge on any atom is -0.501 e. The molecule has 0 aromatic rings. The number of esters is 1. The van der Waals surface area contributed by atoms with E-state index in [0.717, 1.165) is 18.6 Å². The van der Waals surface area contributed by atoms with Crippen molar-refractivity contribution >= 4 is 5.97 Å². The van der Waals surface area contributed by atoms with E-state index in [1.807, 2.05) is 13.1 Å². The average Bonchev–Trinajstić information content (AvgIpc) is 2.37. The van der Waals surface area contributed by atoms with Crippen LogP contribution in [0.1, 0.15) is 19.8 Å². The van der Waals surface area contributed by atoms with Gasteiger partial charge in [0.05, 0.1) is 19.5 Å². The van der Waals surface area contributed by atoms with Crippen LogP contribution in [-0.2, 0) is 14.3 Å². The smallest absolute Gasteiger partial charge is 0.302 e. The average molecular weight is 243 g/mol. The Labute approximate surface area is 102 Å². The van der Waals surface area contributed by atoms with E-state index in [1.54, 1.807) is 7.11 Å². The Morgan fingerprint density at radius 1 is 1.47 bits per heavy atom. The van der Waals surface area contributed by atoms with E-state index in [2.05, 4.69) is 16.1 Å². The third kappa shape index (κ3) is 8.33. The number of rotatable bonds is 4. The lowest BCUT2D eigenvalue weighted by Gasteiger charge is -2.12. The second-order valence-electron chi connectivity index (χ2n) is 3.34. The van der Waals surface area contributed by atoms with Crippen molar-refractivity contribution in [3.05, 3.63) is 23.6 Å². The number of hydrogen-bond donors (Lipinski definition) is 2. The number of methoxy groups -OCH3 is 1. The number of nitrogens with one attached hydrogen (secondary N) is 1. The molecule has 0 bridgehead atoms. The molecule has 0 aliphatic heterocycles. The van der Waals surface area contributed by atoms with Crippen LogP contribution in [-0.4, -0.2) is 38.4 Å². The Bertz CT molecular complexity index is 264. The standard InChI is InChI=1S/C8H13NO.C4H8O3/c1-9-7-3-5-8(10-2)6-4-7;1-4(6)7-3-2-5/h3,5,9H,4,6H2,1-2H3;5H,2-3H2,1H3. The van der Waals surface area contributed by atoms with Crippen molar-refractivity contribution in [1.29, 1.82) is 0 Å². The lowest BCUT2D eigenvalue weighted by Crippen LogP contribution is -2.08. The van der Waals surface area contributed by atoms with E-state index >= 15 is 0 Å². The van der Waals surface area contributed by atoms with Crippen LogP contribution in [0.3, 0.4) is 0 Å². The zero-order valence-electron chi connectivity index (χ0n) is 10.7. The van der Waals surface area contributed by atoms with Gasteiger partial charge >= 0.3 is 5.97 Å². The third-order valence-electron chi connectivity index (χ3n) is 2.09. The van der Waals surface area contributed by atoms with Gasteiger partial charge in [0.2, 0.25) is 0 Å². The van der Waals surface area contributed by atoms with E-state index in [4.69, 9.17) is 9.84 Å². The fourth-order valence-corrected chi connectivity index (χ4v) is 1.19. The highest BCUT2D eigenvalue weighted by molar-refractivity contribution is 5.65. The molecule has 0 aromatic heterocycles. The fourth-order valence-electron chi connectivity index (χ4n) is 1.19. The van der Waals surface area contributed by atoms with Gasteiger partial charge in [-0.25, -0.2) is 0 Å². The first-order chi connectivity index (χ1) is 8.13. The molecule has 0 fully saturated rings. The number of aliphatic hydroxyl groups excluding tert-OH is 1. The quantitative estimate of drug-likeness (QED) is 0.720. The molecule has 0 amide bonds. The second-order valence-corrected chi connectivity index (χ2v) is 3.34. The van der Waals surface area contributed by atoms with Crippen LogP contribution in [0, 0.1) is 0 Å². The van der Waals surface area contributed by atoms with Gasteiger partial charge < -0.3 is 19.9 Å². The number of allylic oxidation sites excluding steroid dienone is 4. The van der Waals surface area contributed by atoms with Crippen LogP contribution in [0.2, 0.25) is 0 Å². The highest BCUT2D eigenvalue weighted by Crippen LogP contribution is 2.15. The minimum absolute atomic E-state index is 0.0976. The molecule has 1 aliphatic carbocycles. The van der Waals surface area contributed by atoms with E-state index in [0.29, 0.717) is 0 Å². The highest BCUT2D eigenvalue weighted by Gasteiger charge is 2.03. The lowest BCUT2D eigenvalue weighted by molar-refractivity contribution is -0.141. The summed E-state index contributed by atoms with van der Waals surface area (Å²) in [4.78, 5) is 9.87. The normalized spacial score (nSPS) is 13.6. The van der Waals surface area contributed by atoms with Gasteiger partial charge in [-0.1, -0.05) is 0 Å². The van der Waals surface area contributed by atoms with Crippen LogP contribution in [0.25, 0.3) is 0 Å². The van der Waals surface area contributed by atoms with E-state index in [9.17, 15) is 4.79 Å². The topological polar surface area (TPSA) is 67.8 Å². The molecule has 0 radical (unpaired) electrons. The van der Waals surface area contributed by atoms with Crippen molar-refractivity contribution in [2.75, 3.05) is 27.4 Å². The largest absolute Gasteiger partial charge is 0.501 e. The Balaban J connectivity index is 0.000000325. The molecule has 2 N–H and O–H groups in total. The summed E-state index contributed by atoms with van der Waals surface area (Å²) < 4.78 is 9.37. The van der Waals surface area contributed by atoms with Crippen molar-refractivity contribution < 1.29 is 19.4 Å². The summed E-state index contributed by atoms with van der Waals surface area (Å²) in [6.07, 6.45) is 6.15. The number of aliphatic hydroxyl groups is 1. The van der Waals surface area contributed by atoms with Crippen LogP contribution in [0.15, 0.2) is 23.6 Å². The van der Waals surface area contributed by atoms with Crippen LogP contribution in [0.5, 0.6) is 0 Å². The van der Waals surface area contributed by atoms with Crippen molar-refractivity contribution in [2.45, 2.75) is 19.8 Å². The molecule has 5 nitrogen and oxygen atoms in total. The first kappa shape index (κ1) is 15.5. The lowest BCUT2D eigenvalue weighted by atomic mass is 10.1. The Hall–Kier alpha value is -1.49. The number of carbonyl (C=O) groups is 1. The van der Waals surface area contributed by atoms with E-state index in [1.165, 1.54) is 12.6 Å². The van der Waals surface area contributed by atoms with Crippen molar-refractivity contribution in [2.24, 2.45) is 0 Å². The molecule has 0 aromatic carbocycles. The molecule has 0 unspecified atom stereocenters. The molecule has 5 heteroatoms. The predicted molar refractivity (Wildman–Crippen MR) is 65.2 cm³/mol. The fraction of sp³-hybridized carbons (Fsp3) is 0.583. The summed E-state index contributed by atoms with van der Waals surface area (Å²) >= 11 is 0. The van der Waals surface area contributed by atoms with E-state index in [-0.39, 0.29) is 19.2 Å². The summed E-state index contributed by atoms with van der Waals surface area (Å²) in [5.41, 5.74) is 1.28. The number of ether oxygens (including phenoxy) is 2. The highest BCUT2D eigenvalue weighted by atomic mass is 16.5. The molecule has 17 heavy (non-hydrogen) atoms. The van der Waals surface area contributed by atoms with Gasteiger partial charge in [-0.15, -0.1) is 0 Å². The number of hydrogen-bond acceptors (Lipinski definition) is 5. The van der Waals surface area contributed by atoms with Gasteiger partial charge in [-0.2, -0.15) is 0 Å². The van der Waals surface area contributed by atoms with Crippen LogP contribution in [0.4, 0.5) is 0 Å². The molecule has 0 spiro atoms. The maximum atomic E-state index is 9.87. The monoisotopic (exact) mass is 243 g/mol. The van der Waals surface area contributed by atoms with Crippen molar-refractivity contribution in [3.8, 4) is 0 Å². The first-order valence-corrected chi connectivity index (χ1v) is 5.49. The molecule has 98 valence electrons. The molecule has 0 heterocycles. The van der Waals surface area contributed by atoms with Gasteiger partial charge in [0.15, 0.2) is 0 Å². The number of carbonyl (C=O) groups excluding carboxylic acids is 1. The summed E-state index contributed by atoms with van der Waals surface area (Å²) in [6.45, 7) is 1.31. The Morgan fingerprint density at radius 3 is 2.47 bits per heavy atom. The SMILES string of the molecule is CC(=O)OCCO.CNC1=CC=C(OC)CC1. The maximum Gasteiger partial charge on any atom is 0.302 e. The van der Waals surface area contributed by atoms with Gasteiger partial charge in [0.1, 0.15) is 6.61 Å². The predicted octanol–water partition coefficient (Wildman–Crippen LogP) is 0.956. The molecule has 1 rings (SSSR count). The van der Waals surface area contributed by atoms with Crippen molar-refractivity contribution in [1.82, 2.24) is 5.32 Å². The molecule has 1 aliphatic rings. The summed E-state index contributed by atoms with van der Waals surface area (Å²) in [6, 6.07) is 0. The molecule has 0 atom stereocenters. The van der Waals surface area contributed by atoms with Crippen molar-refractivity contribution in [3.63, 3.8) is 0 Å². The Kier molecular flexibility index (Phi) is 8.86. The maximum absolute atomic E-state index is 9.87. The zero-order valence-corrected chi connectivity index (χ0v) is 10.7. The minimum atomic E-state index is -0.353. The first-order valence-electron chi connectivity index (χ1n) is 5.49. The molecule has 0 saturated carbocycles. The zero-order chi connectivity index (χ0) is 13.1. The molecular formula is C12H21NO4. The van der Waals surface area contributed by atoms with Gasteiger partial charge in [-0.05, 0) is 18.6 Å². The Morgan fingerprint density at radius 2 is 2.18 bits per heavy atom. The van der Waals surface area contributed by atoms with E-state index < -0.39 is 0 Å². The molecular weight excluding hydrogens is 222 g/mol. The van der Waals surface area contributed by atoms with Gasteiger partial charge in [0, 0.05) is 26.1 Å². The van der Waals surface area contributed by atoms with Crippen LogP contribution < -0.4 is 5.32 Å². The van der Waals surface area contributed by atoms with Gasteiger partial charge in [-0.3, -0.25) is 4.79 Å². The van der Waals surface area contributed by atoms with Crippen LogP contribution >= 0.6 is 0 Å². The summed E-state index contributed by atoms with van der Waals surface area (Å²) in [5.74, 6) is 0.716.